The van der Waals surface area contributed by atoms with E-state index >= 15 is 0 Å². The molecule has 172 valence electrons. The Morgan fingerprint density at radius 2 is 1.94 bits per heavy atom. The number of aromatic amines is 2. The summed E-state index contributed by atoms with van der Waals surface area (Å²) in [6.07, 6.45) is 11.0. The summed E-state index contributed by atoms with van der Waals surface area (Å²) in [5.74, 6) is 0.581. The molecule has 5 aromatic heterocycles. The molecule has 0 atom stereocenters. The SMILES string of the molecule is CCC(=O)Nc1cncc(-c2ccc3[nH]nc(-c4nc5c(-n6cnc(C)c6)cncc5[nH]4)c3c2)c1. The smallest absolute Gasteiger partial charge is 0.224 e. The predicted octanol–water partition coefficient (Wildman–Crippen LogP) is 4.41. The van der Waals surface area contributed by atoms with E-state index in [0.29, 0.717) is 23.6 Å². The maximum atomic E-state index is 11.8. The molecule has 6 aromatic rings. The molecule has 3 N–H and O–H groups in total. The van der Waals surface area contributed by atoms with Crippen molar-refractivity contribution in [2.24, 2.45) is 0 Å². The lowest BCUT2D eigenvalue weighted by molar-refractivity contribution is -0.115. The fraction of sp³-hybridized carbons (Fsp3) is 0.120. The van der Waals surface area contributed by atoms with Crippen LogP contribution >= 0.6 is 0 Å². The first-order valence-corrected chi connectivity index (χ1v) is 11.2. The van der Waals surface area contributed by atoms with Gasteiger partial charge in [-0.25, -0.2) is 9.97 Å². The number of nitrogens with zero attached hydrogens (tertiary/aromatic N) is 6. The number of carbonyl (C=O) groups is 1. The van der Waals surface area contributed by atoms with Crippen LogP contribution in [0.3, 0.4) is 0 Å². The highest BCUT2D eigenvalue weighted by atomic mass is 16.1. The Labute approximate surface area is 199 Å². The van der Waals surface area contributed by atoms with Crippen LogP contribution in [-0.2, 0) is 4.79 Å². The molecule has 0 aliphatic carbocycles. The van der Waals surface area contributed by atoms with Crippen molar-refractivity contribution in [1.29, 1.82) is 0 Å². The Kier molecular flexibility index (Phi) is 4.84. The van der Waals surface area contributed by atoms with Gasteiger partial charge in [-0.05, 0) is 30.7 Å². The van der Waals surface area contributed by atoms with Gasteiger partial charge in [0.05, 0.1) is 53.0 Å². The van der Waals surface area contributed by atoms with Crippen molar-refractivity contribution < 1.29 is 4.79 Å². The van der Waals surface area contributed by atoms with Gasteiger partial charge in [-0.1, -0.05) is 13.0 Å². The third-order valence-electron chi connectivity index (χ3n) is 5.83. The van der Waals surface area contributed by atoms with Crippen molar-refractivity contribution in [3.05, 3.63) is 67.3 Å². The lowest BCUT2D eigenvalue weighted by Gasteiger charge is -2.06. The molecule has 0 spiro atoms. The number of hydrogen-bond donors (Lipinski definition) is 3. The zero-order valence-electron chi connectivity index (χ0n) is 19.1. The minimum Gasteiger partial charge on any atom is -0.335 e. The lowest BCUT2D eigenvalue weighted by atomic mass is 10.0. The molecule has 0 saturated heterocycles. The lowest BCUT2D eigenvalue weighted by Crippen LogP contribution is -2.09. The van der Waals surface area contributed by atoms with Gasteiger partial charge in [-0.3, -0.25) is 19.9 Å². The molecule has 0 bridgehead atoms. The van der Waals surface area contributed by atoms with E-state index in [-0.39, 0.29) is 5.91 Å². The fourth-order valence-corrected chi connectivity index (χ4v) is 4.06. The number of H-pyrrole nitrogens is 2. The molecule has 1 aromatic carbocycles. The van der Waals surface area contributed by atoms with E-state index < -0.39 is 0 Å². The summed E-state index contributed by atoms with van der Waals surface area (Å²) in [4.78, 5) is 33.0. The van der Waals surface area contributed by atoms with Crippen LogP contribution in [0.2, 0.25) is 0 Å². The van der Waals surface area contributed by atoms with Crippen LogP contribution in [-0.4, -0.2) is 45.6 Å². The number of hydrogen-bond acceptors (Lipinski definition) is 6. The number of imidazole rings is 2. The molecule has 0 saturated carbocycles. The summed E-state index contributed by atoms with van der Waals surface area (Å²) in [5.41, 5.74) is 7.42. The zero-order chi connectivity index (χ0) is 23.9. The Balaban J connectivity index is 1.43. The topological polar surface area (TPSA) is 130 Å². The van der Waals surface area contributed by atoms with E-state index in [1.807, 2.05) is 48.9 Å². The van der Waals surface area contributed by atoms with Crippen LogP contribution in [0.15, 0.2) is 61.6 Å². The minimum absolute atomic E-state index is 0.0545. The molecular formula is C25H21N9O. The molecule has 5 heterocycles. The largest absolute Gasteiger partial charge is 0.335 e. The van der Waals surface area contributed by atoms with Gasteiger partial charge in [-0.15, -0.1) is 0 Å². The van der Waals surface area contributed by atoms with Crippen molar-refractivity contribution in [3.8, 4) is 28.3 Å². The van der Waals surface area contributed by atoms with Gasteiger partial charge in [0.15, 0.2) is 5.82 Å². The van der Waals surface area contributed by atoms with Gasteiger partial charge in [0, 0.05) is 29.8 Å². The average molecular weight is 464 g/mol. The van der Waals surface area contributed by atoms with Crippen LogP contribution in [0.5, 0.6) is 0 Å². The van der Waals surface area contributed by atoms with E-state index in [2.05, 4.69) is 35.5 Å². The summed E-state index contributed by atoms with van der Waals surface area (Å²) in [7, 11) is 0. The number of carbonyl (C=O) groups excluding carboxylic acids is 1. The third-order valence-corrected chi connectivity index (χ3v) is 5.83. The van der Waals surface area contributed by atoms with Gasteiger partial charge < -0.3 is 14.9 Å². The number of pyridine rings is 2. The predicted molar refractivity (Wildman–Crippen MR) is 133 cm³/mol. The number of benzene rings is 1. The van der Waals surface area contributed by atoms with Crippen molar-refractivity contribution in [2.75, 3.05) is 5.32 Å². The molecule has 6 rings (SSSR count). The molecule has 0 unspecified atom stereocenters. The molecule has 0 aliphatic heterocycles. The fourth-order valence-electron chi connectivity index (χ4n) is 4.06. The molecule has 10 heteroatoms. The number of fused-ring (bicyclic) bond motifs is 2. The molecule has 0 aliphatic rings. The second-order valence-electron chi connectivity index (χ2n) is 8.26. The molecule has 0 radical (unpaired) electrons. The van der Waals surface area contributed by atoms with Gasteiger partial charge in [0.25, 0.3) is 0 Å². The highest BCUT2D eigenvalue weighted by Crippen LogP contribution is 2.31. The van der Waals surface area contributed by atoms with Crippen LogP contribution in [0.4, 0.5) is 5.69 Å². The maximum absolute atomic E-state index is 11.8. The highest BCUT2D eigenvalue weighted by molar-refractivity contribution is 5.97. The second-order valence-corrected chi connectivity index (χ2v) is 8.26. The number of amides is 1. The Hall–Kier alpha value is -4.86. The van der Waals surface area contributed by atoms with Crippen molar-refractivity contribution in [2.45, 2.75) is 20.3 Å². The Bertz CT molecular complexity index is 1710. The Morgan fingerprint density at radius 3 is 2.77 bits per heavy atom. The van der Waals surface area contributed by atoms with Crippen LogP contribution < -0.4 is 5.32 Å². The molecule has 0 fully saturated rings. The number of anilines is 1. The minimum atomic E-state index is -0.0545. The maximum Gasteiger partial charge on any atom is 0.224 e. The second kappa shape index (κ2) is 8.17. The van der Waals surface area contributed by atoms with Crippen LogP contribution in [0.25, 0.3) is 50.3 Å². The number of rotatable bonds is 5. The third kappa shape index (κ3) is 3.70. The summed E-state index contributed by atoms with van der Waals surface area (Å²) < 4.78 is 1.91. The average Bonchev–Trinajstić information content (AvgIpc) is 3.61. The summed E-state index contributed by atoms with van der Waals surface area (Å²) in [5, 5.41) is 11.4. The molecular weight excluding hydrogens is 442 g/mol. The normalized spacial score (nSPS) is 11.4. The summed E-state index contributed by atoms with van der Waals surface area (Å²) in [6, 6.07) is 7.92. The number of aryl methyl sites for hydroxylation is 1. The van der Waals surface area contributed by atoms with Crippen molar-refractivity contribution >= 4 is 33.5 Å². The van der Waals surface area contributed by atoms with Gasteiger partial charge >= 0.3 is 0 Å². The van der Waals surface area contributed by atoms with Gasteiger partial charge in [0.1, 0.15) is 11.2 Å². The first-order chi connectivity index (χ1) is 17.1. The van der Waals surface area contributed by atoms with Crippen molar-refractivity contribution in [3.63, 3.8) is 0 Å². The first-order valence-electron chi connectivity index (χ1n) is 11.2. The van der Waals surface area contributed by atoms with E-state index in [0.717, 1.165) is 44.4 Å². The van der Waals surface area contributed by atoms with E-state index in [1.54, 1.807) is 31.1 Å². The molecule has 1 amide bonds. The standard InChI is InChI=1S/C25H21N9O/c1-3-22(35)29-17-6-16(8-26-9-17)15-4-5-19-18(7-15)23(33-32-19)25-30-20-10-27-11-21(24(20)31-25)34-12-14(2)28-13-34/h4-13H,3H2,1-2H3,(H,29,35)(H,30,31)(H,32,33). The van der Waals surface area contributed by atoms with Crippen LogP contribution in [0, 0.1) is 6.92 Å². The summed E-state index contributed by atoms with van der Waals surface area (Å²) >= 11 is 0. The highest BCUT2D eigenvalue weighted by Gasteiger charge is 2.16. The molecule has 10 nitrogen and oxygen atoms in total. The van der Waals surface area contributed by atoms with Crippen LogP contribution in [0.1, 0.15) is 19.0 Å². The number of aromatic nitrogens is 8. The van der Waals surface area contributed by atoms with E-state index in [4.69, 9.17) is 4.98 Å². The quantitative estimate of drug-likeness (QED) is 0.347. The zero-order valence-corrected chi connectivity index (χ0v) is 19.1. The van der Waals surface area contributed by atoms with E-state index in [9.17, 15) is 4.79 Å². The molecule has 35 heavy (non-hydrogen) atoms. The van der Waals surface area contributed by atoms with Crippen molar-refractivity contribution in [1.82, 2.24) is 39.7 Å². The Morgan fingerprint density at radius 1 is 1.06 bits per heavy atom. The summed E-state index contributed by atoms with van der Waals surface area (Å²) in [6.45, 7) is 3.75. The number of nitrogens with one attached hydrogen (secondary N) is 3. The first kappa shape index (κ1) is 20.7. The van der Waals surface area contributed by atoms with Gasteiger partial charge in [0.2, 0.25) is 5.91 Å². The van der Waals surface area contributed by atoms with Gasteiger partial charge in [-0.2, -0.15) is 5.10 Å². The monoisotopic (exact) mass is 463 g/mol. The van der Waals surface area contributed by atoms with E-state index in [1.165, 1.54) is 0 Å².